The molecule has 0 spiro atoms. The molecular weight excluding hydrogens is 272 g/mol. The van der Waals surface area contributed by atoms with E-state index in [2.05, 4.69) is 41.5 Å². The Bertz CT molecular complexity index is 612. The summed E-state index contributed by atoms with van der Waals surface area (Å²) in [5, 5.41) is 3.24. The van der Waals surface area contributed by atoms with Gasteiger partial charge < -0.3 is 10.2 Å². The lowest BCUT2D eigenvalue weighted by Gasteiger charge is -2.37. The lowest BCUT2D eigenvalue weighted by atomic mass is 9.86. The first-order chi connectivity index (χ1) is 10.7. The summed E-state index contributed by atoms with van der Waals surface area (Å²) in [6, 6.07) is 20.1. The summed E-state index contributed by atoms with van der Waals surface area (Å²) in [6.07, 6.45) is 0.981. The van der Waals surface area contributed by atoms with Gasteiger partial charge in [0.2, 0.25) is 0 Å². The van der Waals surface area contributed by atoms with E-state index in [9.17, 15) is 4.79 Å². The number of amides is 1. The summed E-state index contributed by atoms with van der Waals surface area (Å²) in [5.74, 6) is 0.365. The summed E-state index contributed by atoms with van der Waals surface area (Å²) in [6.45, 7) is 1.99. The SMILES string of the molecule is CN1CCC(NC(=O)c2ccccc2)C(c2ccccc2)C1. The zero-order valence-corrected chi connectivity index (χ0v) is 12.9. The van der Waals surface area contributed by atoms with Crippen LogP contribution in [0.2, 0.25) is 0 Å². The minimum atomic E-state index is 0.0242. The summed E-state index contributed by atoms with van der Waals surface area (Å²) < 4.78 is 0. The van der Waals surface area contributed by atoms with Crippen LogP contribution in [-0.4, -0.2) is 37.0 Å². The highest BCUT2D eigenvalue weighted by Crippen LogP contribution is 2.27. The average Bonchev–Trinajstić information content (AvgIpc) is 2.58. The van der Waals surface area contributed by atoms with Gasteiger partial charge in [-0.15, -0.1) is 0 Å². The van der Waals surface area contributed by atoms with Gasteiger partial charge >= 0.3 is 0 Å². The van der Waals surface area contributed by atoms with Crippen molar-refractivity contribution < 1.29 is 4.79 Å². The number of piperidine rings is 1. The normalized spacial score (nSPS) is 22.2. The van der Waals surface area contributed by atoms with Crippen LogP contribution in [0.15, 0.2) is 60.7 Å². The van der Waals surface area contributed by atoms with E-state index in [-0.39, 0.29) is 11.9 Å². The number of benzene rings is 2. The van der Waals surface area contributed by atoms with Crippen molar-refractivity contribution in [1.82, 2.24) is 10.2 Å². The van der Waals surface area contributed by atoms with Crippen molar-refractivity contribution in [2.24, 2.45) is 0 Å². The van der Waals surface area contributed by atoms with Gasteiger partial charge in [-0.05, 0) is 37.7 Å². The molecule has 2 atom stereocenters. The quantitative estimate of drug-likeness (QED) is 0.944. The van der Waals surface area contributed by atoms with Crippen LogP contribution >= 0.6 is 0 Å². The highest BCUT2D eigenvalue weighted by molar-refractivity contribution is 5.94. The Morgan fingerprint density at radius 2 is 1.68 bits per heavy atom. The van der Waals surface area contributed by atoms with E-state index in [4.69, 9.17) is 0 Å². The van der Waals surface area contributed by atoms with E-state index >= 15 is 0 Å². The van der Waals surface area contributed by atoms with E-state index in [0.717, 1.165) is 25.1 Å². The Morgan fingerprint density at radius 1 is 1.05 bits per heavy atom. The van der Waals surface area contributed by atoms with Crippen LogP contribution in [0.5, 0.6) is 0 Å². The van der Waals surface area contributed by atoms with Gasteiger partial charge in [0.1, 0.15) is 0 Å². The number of carbonyl (C=O) groups excluding carboxylic acids is 1. The Labute approximate surface area is 132 Å². The average molecular weight is 294 g/mol. The van der Waals surface area contributed by atoms with Crippen molar-refractivity contribution in [3.63, 3.8) is 0 Å². The van der Waals surface area contributed by atoms with Gasteiger partial charge in [0, 0.05) is 24.1 Å². The van der Waals surface area contributed by atoms with Crippen molar-refractivity contribution in [2.45, 2.75) is 18.4 Å². The van der Waals surface area contributed by atoms with E-state index in [1.54, 1.807) is 0 Å². The standard InChI is InChI=1S/C19H22N2O/c1-21-13-12-18(17(14-21)15-8-4-2-5-9-15)20-19(22)16-10-6-3-7-11-16/h2-11,17-18H,12-14H2,1H3,(H,20,22). The van der Waals surface area contributed by atoms with Crippen LogP contribution in [0.3, 0.4) is 0 Å². The second-order valence-electron chi connectivity index (χ2n) is 6.01. The van der Waals surface area contributed by atoms with Crippen molar-refractivity contribution in [3.8, 4) is 0 Å². The van der Waals surface area contributed by atoms with Gasteiger partial charge in [-0.25, -0.2) is 0 Å². The number of rotatable bonds is 3. The lowest BCUT2D eigenvalue weighted by molar-refractivity contribution is 0.0904. The van der Waals surface area contributed by atoms with E-state index in [0.29, 0.717) is 5.92 Å². The molecule has 2 unspecified atom stereocenters. The van der Waals surface area contributed by atoms with Crippen LogP contribution in [0.1, 0.15) is 28.3 Å². The van der Waals surface area contributed by atoms with Gasteiger partial charge in [0.05, 0.1) is 0 Å². The topological polar surface area (TPSA) is 32.3 Å². The summed E-state index contributed by atoms with van der Waals surface area (Å²) in [5.41, 5.74) is 2.03. The number of nitrogens with zero attached hydrogens (tertiary/aromatic N) is 1. The molecule has 2 aromatic carbocycles. The molecule has 0 bridgehead atoms. The molecule has 0 saturated carbocycles. The summed E-state index contributed by atoms with van der Waals surface area (Å²) in [7, 11) is 2.14. The number of hydrogen-bond donors (Lipinski definition) is 1. The van der Waals surface area contributed by atoms with Crippen molar-refractivity contribution in [3.05, 3.63) is 71.8 Å². The Kier molecular flexibility index (Phi) is 4.54. The first-order valence-corrected chi connectivity index (χ1v) is 7.83. The monoisotopic (exact) mass is 294 g/mol. The summed E-state index contributed by atoms with van der Waals surface area (Å²) >= 11 is 0. The van der Waals surface area contributed by atoms with E-state index in [1.807, 2.05) is 36.4 Å². The van der Waals surface area contributed by atoms with Gasteiger partial charge in [-0.2, -0.15) is 0 Å². The maximum atomic E-state index is 12.4. The van der Waals surface area contributed by atoms with Crippen LogP contribution < -0.4 is 5.32 Å². The molecule has 22 heavy (non-hydrogen) atoms. The highest BCUT2D eigenvalue weighted by atomic mass is 16.1. The molecule has 0 radical (unpaired) electrons. The van der Waals surface area contributed by atoms with E-state index in [1.165, 1.54) is 5.56 Å². The Morgan fingerprint density at radius 3 is 2.36 bits per heavy atom. The molecule has 3 heteroatoms. The first kappa shape index (κ1) is 14.8. The molecule has 1 heterocycles. The zero-order valence-electron chi connectivity index (χ0n) is 12.9. The Balaban J connectivity index is 1.77. The predicted molar refractivity (Wildman–Crippen MR) is 89.0 cm³/mol. The first-order valence-electron chi connectivity index (χ1n) is 7.83. The number of likely N-dealkylation sites (N-methyl/N-ethyl adjacent to an activating group) is 1. The molecule has 1 aliphatic rings. The highest BCUT2D eigenvalue weighted by Gasteiger charge is 2.30. The van der Waals surface area contributed by atoms with Crippen LogP contribution in [-0.2, 0) is 0 Å². The molecular formula is C19H22N2O. The number of carbonyl (C=O) groups is 1. The molecule has 1 amide bonds. The van der Waals surface area contributed by atoms with Crippen molar-refractivity contribution >= 4 is 5.91 Å². The molecule has 3 nitrogen and oxygen atoms in total. The van der Waals surface area contributed by atoms with Crippen molar-refractivity contribution in [2.75, 3.05) is 20.1 Å². The van der Waals surface area contributed by atoms with E-state index < -0.39 is 0 Å². The summed E-state index contributed by atoms with van der Waals surface area (Å²) in [4.78, 5) is 14.8. The zero-order chi connectivity index (χ0) is 15.4. The van der Waals surface area contributed by atoms with Crippen molar-refractivity contribution in [1.29, 1.82) is 0 Å². The fourth-order valence-corrected chi connectivity index (χ4v) is 3.17. The van der Waals surface area contributed by atoms with Gasteiger partial charge in [0.25, 0.3) is 5.91 Å². The van der Waals surface area contributed by atoms with Crippen LogP contribution in [0.25, 0.3) is 0 Å². The number of likely N-dealkylation sites (tertiary alicyclic amines) is 1. The second kappa shape index (κ2) is 6.75. The Hall–Kier alpha value is -2.13. The fraction of sp³-hybridized carbons (Fsp3) is 0.316. The molecule has 1 N–H and O–H groups in total. The van der Waals surface area contributed by atoms with Gasteiger partial charge in [-0.1, -0.05) is 48.5 Å². The fourth-order valence-electron chi connectivity index (χ4n) is 3.17. The largest absolute Gasteiger partial charge is 0.349 e. The predicted octanol–water partition coefficient (Wildman–Crippen LogP) is 2.90. The molecule has 114 valence electrons. The van der Waals surface area contributed by atoms with Gasteiger partial charge in [-0.3, -0.25) is 4.79 Å². The third kappa shape index (κ3) is 3.37. The molecule has 0 aliphatic carbocycles. The smallest absolute Gasteiger partial charge is 0.251 e. The van der Waals surface area contributed by atoms with Crippen LogP contribution in [0, 0.1) is 0 Å². The maximum Gasteiger partial charge on any atom is 0.251 e. The molecule has 1 aliphatic heterocycles. The maximum absolute atomic E-state index is 12.4. The minimum Gasteiger partial charge on any atom is -0.349 e. The van der Waals surface area contributed by atoms with Crippen LogP contribution in [0.4, 0.5) is 0 Å². The number of hydrogen-bond acceptors (Lipinski definition) is 2. The van der Waals surface area contributed by atoms with Gasteiger partial charge in [0.15, 0.2) is 0 Å². The third-order valence-electron chi connectivity index (χ3n) is 4.40. The molecule has 1 saturated heterocycles. The second-order valence-corrected chi connectivity index (χ2v) is 6.01. The molecule has 2 aromatic rings. The molecule has 0 aromatic heterocycles. The molecule has 3 rings (SSSR count). The third-order valence-corrected chi connectivity index (χ3v) is 4.40. The number of nitrogens with one attached hydrogen (secondary N) is 1. The molecule has 1 fully saturated rings. The minimum absolute atomic E-state index is 0.0242. The lowest BCUT2D eigenvalue weighted by Crippen LogP contribution is -2.48.